The number of carbonyl (C=O) groups excluding carboxylic acids is 1. The van der Waals surface area contributed by atoms with Crippen LogP contribution in [-0.4, -0.2) is 30.5 Å². The van der Waals surface area contributed by atoms with Gasteiger partial charge in [0.15, 0.2) is 0 Å². The van der Waals surface area contributed by atoms with E-state index in [0.29, 0.717) is 5.56 Å². The van der Waals surface area contributed by atoms with Gasteiger partial charge in [0.25, 0.3) is 5.91 Å². The maximum Gasteiger partial charge on any atom is 0.252 e. The molecule has 0 aromatic carbocycles. The number of nitrogens with zero attached hydrogens (tertiary/aromatic N) is 2. The van der Waals surface area contributed by atoms with E-state index in [-0.39, 0.29) is 5.91 Å². The van der Waals surface area contributed by atoms with Gasteiger partial charge < -0.3 is 10.2 Å². The van der Waals surface area contributed by atoms with E-state index in [1.807, 2.05) is 12.3 Å². The van der Waals surface area contributed by atoms with Gasteiger partial charge >= 0.3 is 0 Å². The number of hydrogen-bond donors (Lipinski definition) is 1. The van der Waals surface area contributed by atoms with Crippen molar-refractivity contribution in [2.24, 2.45) is 0 Å². The predicted octanol–water partition coefficient (Wildman–Crippen LogP) is 2.99. The van der Waals surface area contributed by atoms with Crippen LogP contribution in [0.15, 0.2) is 18.5 Å². The van der Waals surface area contributed by atoms with Crippen LogP contribution in [0.1, 0.15) is 55.8 Å². The van der Waals surface area contributed by atoms with E-state index in [1.165, 1.54) is 25.7 Å². The molecule has 1 fully saturated rings. The molecule has 0 bridgehead atoms. The van der Waals surface area contributed by atoms with E-state index in [9.17, 15) is 4.79 Å². The number of pyridine rings is 1. The first-order valence-corrected chi connectivity index (χ1v) is 7.79. The Bertz CT molecular complexity index is 427. The molecule has 20 heavy (non-hydrogen) atoms. The summed E-state index contributed by atoms with van der Waals surface area (Å²) in [6.07, 6.45) is 10.7. The van der Waals surface area contributed by atoms with Gasteiger partial charge in [-0.05, 0) is 31.7 Å². The van der Waals surface area contributed by atoms with Crippen molar-refractivity contribution in [3.8, 4) is 0 Å². The molecule has 1 amide bonds. The highest BCUT2D eigenvalue weighted by Crippen LogP contribution is 2.19. The average Bonchev–Trinajstić information content (AvgIpc) is 2.52. The lowest BCUT2D eigenvalue weighted by atomic mass is 10.1. The Kier molecular flexibility index (Phi) is 5.84. The number of nitrogens with one attached hydrogen (secondary N) is 1. The number of piperidine rings is 1. The van der Waals surface area contributed by atoms with E-state index in [4.69, 9.17) is 0 Å². The van der Waals surface area contributed by atoms with Crippen molar-refractivity contribution < 1.29 is 4.79 Å². The van der Waals surface area contributed by atoms with Gasteiger partial charge in [-0.15, -0.1) is 0 Å². The van der Waals surface area contributed by atoms with Crippen LogP contribution in [0, 0.1) is 0 Å². The van der Waals surface area contributed by atoms with Crippen LogP contribution in [0.2, 0.25) is 0 Å². The zero-order valence-electron chi connectivity index (χ0n) is 12.4. The molecule has 1 aromatic rings. The van der Waals surface area contributed by atoms with Crippen molar-refractivity contribution in [3.63, 3.8) is 0 Å². The molecule has 0 atom stereocenters. The topological polar surface area (TPSA) is 45.2 Å². The molecule has 0 spiro atoms. The minimum Gasteiger partial charge on any atom is -0.370 e. The summed E-state index contributed by atoms with van der Waals surface area (Å²) in [7, 11) is 0. The standard InChI is InChI=1S/C16H25N3O/c1-2-3-5-8-18-16(20)14-11-15(13-17-12-14)19-9-6-4-7-10-19/h11-13H,2-10H2,1H3,(H,18,20). The van der Waals surface area contributed by atoms with Crippen LogP contribution in [-0.2, 0) is 0 Å². The minimum atomic E-state index is -0.00698. The summed E-state index contributed by atoms with van der Waals surface area (Å²) in [5.41, 5.74) is 1.75. The maximum absolute atomic E-state index is 12.1. The van der Waals surface area contributed by atoms with Crippen molar-refractivity contribution in [2.45, 2.75) is 45.4 Å². The lowest BCUT2D eigenvalue weighted by Crippen LogP contribution is -2.30. The fourth-order valence-electron chi connectivity index (χ4n) is 2.56. The van der Waals surface area contributed by atoms with Gasteiger partial charge in [-0.1, -0.05) is 19.8 Å². The molecule has 4 nitrogen and oxygen atoms in total. The highest BCUT2D eigenvalue weighted by Gasteiger charge is 2.13. The van der Waals surface area contributed by atoms with Gasteiger partial charge in [0.05, 0.1) is 17.4 Å². The fraction of sp³-hybridized carbons (Fsp3) is 0.625. The number of hydrogen-bond acceptors (Lipinski definition) is 3. The van der Waals surface area contributed by atoms with Gasteiger partial charge in [0.1, 0.15) is 0 Å². The molecule has 110 valence electrons. The van der Waals surface area contributed by atoms with Crippen molar-refractivity contribution in [1.82, 2.24) is 10.3 Å². The minimum absolute atomic E-state index is 0.00698. The van der Waals surface area contributed by atoms with E-state index in [2.05, 4.69) is 22.1 Å². The summed E-state index contributed by atoms with van der Waals surface area (Å²) in [6.45, 7) is 5.06. The van der Waals surface area contributed by atoms with Gasteiger partial charge in [-0.25, -0.2) is 0 Å². The van der Waals surface area contributed by atoms with E-state index >= 15 is 0 Å². The number of anilines is 1. The Labute approximate surface area is 121 Å². The lowest BCUT2D eigenvalue weighted by molar-refractivity contribution is 0.0952. The second-order valence-corrected chi connectivity index (χ2v) is 5.44. The monoisotopic (exact) mass is 275 g/mol. The van der Waals surface area contributed by atoms with Crippen molar-refractivity contribution in [2.75, 3.05) is 24.5 Å². The number of rotatable bonds is 6. The zero-order valence-corrected chi connectivity index (χ0v) is 12.4. The summed E-state index contributed by atoms with van der Waals surface area (Å²) >= 11 is 0. The van der Waals surface area contributed by atoms with Crippen LogP contribution in [0.4, 0.5) is 5.69 Å². The van der Waals surface area contributed by atoms with Gasteiger partial charge in [-0.2, -0.15) is 0 Å². The quantitative estimate of drug-likeness (QED) is 0.812. The predicted molar refractivity (Wildman–Crippen MR) is 82.2 cm³/mol. The second-order valence-electron chi connectivity index (χ2n) is 5.44. The van der Waals surface area contributed by atoms with Crippen LogP contribution in [0.3, 0.4) is 0 Å². The second kappa shape index (κ2) is 7.88. The average molecular weight is 275 g/mol. The normalized spacial score (nSPS) is 15.2. The highest BCUT2D eigenvalue weighted by molar-refractivity contribution is 5.94. The maximum atomic E-state index is 12.1. The van der Waals surface area contributed by atoms with Gasteiger partial charge in [0, 0.05) is 25.8 Å². The van der Waals surface area contributed by atoms with Crippen molar-refractivity contribution in [3.05, 3.63) is 24.0 Å². The Morgan fingerprint density at radius 1 is 1.25 bits per heavy atom. The first-order valence-electron chi connectivity index (χ1n) is 7.79. The third-order valence-electron chi connectivity index (χ3n) is 3.77. The molecule has 2 rings (SSSR count). The molecule has 0 unspecified atom stereocenters. The molecule has 1 N–H and O–H groups in total. The molecule has 1 saturated heterocycles. The molecular weight excluding hydrogens is 250 g/mol. The Balaban J connectivity index is 1.92. The molecule has 1 aromatic heterocycles. The fourth-order valence-corrected chi connectivity index (χ4v) is 2.56. The Hall–Kier alpha value is -1.58. The largest absolute Gasteiger partial charge is 0.370 e. The molecule has 0 aliphatic carbocycles. The SMILES string of the molecule is CCCCCNC(=O)c1cncc(N2CCCCC2)c1. The third-order valence-corrected chi connectivity index (χ3v) is 3.77. The molecule has 1 aliphatic rings. The molecule has 0 saturated carbocycles. The molecule has 2 heterocycles. The molecule has 4 heteroatoms. The van der Waals surface area contributed by atoms with Crippen LogP contribution in [0.25, 0.3) is 0 Å². The number of unbranched alkanes of at least 4 members (excludes halogenated alkanes) is 2. The Morgan fingerprint density at radius 2 is 2.05 bits per heavy atom. The Morgan fingerprint density at radius 3 is 2.80 bits per heavy atom. The van der Waals surface area contributed by atoms with Crippen molar-refractivity contribution in [1.29, 1.82) is 0 Å². The number of aromatic nitrogens is 1. The summed E-state index contributed by atoms with van der Waals surface area (Å²) in [5.74, 6) is -0.00698. The van der Waals surface area contributed by atoms with E-state index in [1.54, 1.807) is 6.20 Å². The highest BCUT2D eigenvalue weighted by atomic mass is 16.1. The lowest BCUT2D eigenvalue weighted by Gasteiger charge is -2.28. The summed E-state index contributed by atoms with van der Waals surface area (Å²) in [6, 6.07) is 1.97. The molecular formula is C16H25N3O. The summed E-state index contributed by atoms with van der Waals surface area (Å²) < 4.78 is 0. The van der Waals surface area contributed by atoms with Crippen molar-refractivity contribution >= 4 is 11.6 Å². The van der Waals surface area contributed by atoms with Gasteiger partial charge in [0.2, 0.25) is 0 Å². The van der Waals surface area contributed by atoms with Crippen LogP contribution in [0.5, 0.6) is 0 Å². The number of carbonyl (C=O) groups is 1. The number of amides is 1. The van der Waals surface area contributed by atoms with Crippen LogP contribution < -0.4 is 10.2 Å². The first-order chi connectivity index (χ1) is 9.81. The smallest absolute Gasteiger partial charge is 0.252 e. The summed E-state index contributed by atoms with van der Waals surface area (Å²) in [4.78, 5) is 18.6. The zero-order chi connectivity index (χ0) is 14.2. The molecule has 0 radical (unpaired) electrons. The third kappa shape index (κ3) is 4.22. The molecule has 1 aliphatic heterocycles. The van der Waals surface area contributed by atoms with E-state index < -0.39 is 0 Å². The summed E-state index contributed by atoms with van der Waals surface area (Å²) in [5, 5.41) is 2.97. The van der Waals surface area contributed by atoms with Gasteiger partial charge in [-0.3, -0.25) is 9.78 Å². The van der Waals surface area contributed by atoms with Crippen LogP contribution >= 0.6 is 0 Å². The first kappa shape index (κ1) is 14.8. The van der Waals surface area contributed by atoms with E-state index in [0.717, 1.165) is 38.2 Å².